The second-order valence-corrected chi connectivity index (χ2v) is 6.77. The Labute approximate surface area is 173 Å². The Morgan fingerprint density at radius 3 is 2.55 bits per heavy atom. The van der Waals surface area contributed by atoms with Crippen LogP contribution in [-0.4, -0.2) is 15.7 Å². The van der Waals surface area contributed by atoms with Gasteiger partial charge in [0.1, 0.15) is 22.6 Å². The largest absolute Gasteiger partial charge is 0.347 e. The summed E-state index contributed by atoms with van der Waals surface area (Å²) in [5, 5.41) is 16.8. The number of nitrogens with one attached hydrogen (secondary N) is 1. The maximum atomic E-state index is 13.1. The van der Waals surface area contributed by atoms with Crippen LogP contribution in [0.1, 0.15) is 22.4 Å². The van der Waals surface area contributed by atoms with Crippen molar-refractivity contribution in [3.8, 4) is 6.07 Å². The fraction of sp³-hybridized carbons (Fsp3) is 0.136. The third-order valence-corrected chi connectivity index (χ3v) is 4.70. The summed E-state index contributed by atoms with van der Waals surface area (Å²) < 4.78 is 14.6. The van der Waals surface area contributed by atoms with Gasteiger partial charge in [0, 0.05) is 12.1 Å². The quantitative estimate of drug-likeness (QED) is 0.489. The molecule has 0 fully saturated rings. The molecule has 2 aromatic carbocycles. The molecule has 0 aliphatic carbocycles. The van der Waals surface area contributed by atoms with E-state index in [0.717, 1.165) is 11.1 Å². The molecule has 5 nitrogen and oxygen atoms in total. The van der Waals surface area contributed by atoms with E-state index in [1.165, 1.54) is 18.2 Å². The molecule has 0 bridgehead atoms. The smallest absolute Gasteiger partial charge is 0.262 e. The molecule has 7 heteroatoms. The molecular weight excluding hydrogens is 391 g/mol. The van der Waals surface area contributed by atoms with Crippen molar-refractivity contribution in [1.29, 1.82) is 5.26 Å². The molecule has 0 spiro atoms. The van der Waals surface area contributed by atoms with Crippen LogP contribution in [0.3, 0.4) is 0 Å². The van der Waals surface area contributed by atoms with Crippen LogP contribution in [0.25, 0.3) is 6.08 Å². The van der Waals surface area contributed by atoms with Crippen molar-refractivity contribution in [3.63, 3.8) is 0 Å². The van der Waals surface area contributed by atoms with Crippen LogP contribution < -0.4 is 5.32 Å². The van der Waals surface area contributed by atoms with Crippen LogP contribution in [-0.2, 0) is 17.9 Å². The average molecular weight is 409 g/mol. The van der Waals surface area contributed by atoms with Gasteiger partial charge in [0.25, 0.3) is 5.91 Å². The zero-order chi connectivity index (χ0) is 20.8. The number of carbonyl (C=O) groups is 1. The van der Waals surface area contributed by atoms with Gasteiger partial charge >= 0.3 is 0 Å². The Morgan fingerprint density at radius 2 is 1.90 bits per heavy atom. The fourth-order valence-corrected chi connectivity index (χ4v) is 3.05. The normalized spacial score (nSPS) is 11.2. The third kappa shape index (κ3) is 5.09. The van der Waals surface area contributed by atoms with Crippen molar-refractivity contribution in [3.05, 3.63) is 93.5 Å². The lowest BCUT2D eigenvalue weighted by atomic mass is 10.1. The van der Waals surface area contributed by atoms with Crippen LogP contribution in [0.15, 0.2) is 60.2 Å². The number of benzene rings is 2. The highest BCUT2D eigenvalue weighted by atomic mass is 35.5. The molecular formula is C22H18ClFN4O. The molecule has 3 rings (SSSR count). The Kier molecular flexibility index (Phi) is 6.43. The molecule has 0 aliphatic heterocycles. The molecule has 0 atom stereocenters. The summed E-state index contributed by atoms with van der Waals surface area (Å²) in [6.45, 7) is 2.40. The lowest BCUT2D eigenvalue weighted by molar-refractivity contribution is -0.117. The third-order valence-electron chi connectivity index (χ3n) is 4.30. The van der Waals surface area contributed by atoms with Crippen molar-refractivity contribution >= 4 is 23.6 Å². The first-order valence-electron chi connectivity index (χ1n) is 8.89. The Bertz CT molecular complexity index is 1080. The van der Waals surface area contributed by atoms with Gasteiger partial charge in [-0.15, -0.1) is 0 Å². The first-order chi connectivity index (χ1) is 14.0. The summed E-state index contributed by atoms with van der Waals surface area (Å²) in [7, 11) is 0. The lowest BCUT2D eigenvalue weighted by Crippen LogP contribution is -2.23. The van der Waals surface area contributed by atoms with Gasteiger partial charge < -0.3 is 5.32 Å². The van der Waals surface area contributed by atoms with Gasteiger partial charge in [0.15, 0.2) is 0 Å². The second kappa shape index (κ2) is 9.18. The Balaban J connectivity index is 1.78. The maximum absolute atomic E-state index is 13.1. The van der Waals surface area contributed by atoms with Crippen molar-refractivity contribution in [2.75, 3.05) is 0 Å². The lowest BCUT2D eigenvalue weighted by Gasteiger charge is -2.05. The maximum Gasteiger partial charge on any atom is 0.262 e. The number of nitrogens with zero attached hydrogens (tertiary/aromatic N) is 3. The molecule has 29 heavy (non-hydrogen) atoms. The first kappa shape index (κ1) is 20.3. The summed E-state index contributed by atoms with van der Waals surface area (Å²) in [4.78, 5) is 12.4. The number of carbonyl (C=O) groups excluding carboxylic acids is 1. The minimum atomic E-state index is -0.488. The summed E-state index contributed by atoms with van der Waals surface area (Å²) >= 11 is 6.43. The summed E-state index contributed by atoms with van der Waals surface area (Å²) in [6.07, 6.45) is 1.44. The van der Waals surface area contributed by atoms with E-state index in [2.05, 4.69) is 10.4 Å². The van der Waals surface area contributed by atoms with E-state index in [9.17, 15) is 14.4 Å². The number of nitriles is 1. The SMILES string of the molecule is Cc1nn(Cc2ccc(F)cc2)c(Cl)c1C=C(C#N)C(=O)NCc1ccccc1. The van der Waals surface area contributed by atoms with Crippen LogP contribution in [0.5, 0.6) is 0 Å². The molecule has 146 valence electrons. The highest BCUT2D eigenvalue weighted by molar-refractivity contribution is 6.31. The van der Waals surface area contributed by atoms with Crippen molar-refractivity contribution < 1.29 is 9.18 Å². The molecule has 0 saturated carbocycles. The van der Waals surface area contributed by atoms with E-state index < -0.39 is 5.91 Å². The fourth-order valence-electron chi connectivity index (χ4n) is 2.77. The number of rotatable bonds is 6. The standard InChI is InChI=1S/C22H18ClFN4O/c1-15-20(21(23)28(27-15)14-17-7-9-19(24)10-8-17)11-18(12-25)22(29)26-13-16-5-3-2-4-6-16/h2-11H,13-14H2,1H3,(H,26,29). The van der Waals surface area contributed by atoms with E-state index in [-0.39, 0.29) is 11.4 Å². The van der Waals surface area contributed by atoms with Crippen LogP contribution in [0.4, 0.5) is 4.39 Å². The van der Waals surface area contributed by atoms with E-state index in [1.807, 2.05) is 36.4 Å². The van der Waals surface area contributed by atoms with Crippen molar-refractivity contribution in [2.45, 2.75) is 20.0 Å². The molecule has 1 aromatic heterocycles. The number of aromatic nitrogens is 2. The molecule has 0 saturated heterocycles. The van der Waals surface area contributed by atoms with Gasteiger partial charge in [-0.05, 0) is 36.3 Å². The topological polar surface area (TPSA) is 70.7 Å². The van der Waals surface area contributed by atoms with Gasteiger partial charge in [0.05, 0.1) is 12.2 Å². The molecule has 1 amide bonds. The molecule has 0 aliphatic rings. The minimum Gasteiger partial charge on any atom is -0.347 e. The van der Waals surface area contributed by atoms with E-state index in [1.54, 1.807) is 23.7 Å². The van der Waals surface area contributed by atoms with E-state index in [4.69, 9.17) is 11.6 Å². The van der Waals surface area contributed by atoms with Gasteiger partial charge in [-0.25, -0.2) is 9.07 Å². The van der Waals surface area contributed by atoms with Gasteiger partial charge in [-0.3, -0.25) is 4.79 Å². The number of hydrogen-bond acceptors (Lipinski definition) is 3. The number of hydrogen-bond donors (Lipinski definition) is 1. The summed E-state index contributed by atoms with van der Waals surface area (Å²) in [6, 6.07) is 17.4. The second-order valence-electron chi connectivity index (χ2n) is 6.41. The predicted octanol–water partition coefficient (Wildman–Crippen LogP) is 4.26. The zero-order valence-corrected chi connectivity index (χ0v) is 16.4. The Hall–Kier alpha value is -3.43. The number of aryl methyl sites for hydroxylation is 1. The van der Waals surface area contributed by atoms with Gasteiger partial charge in [-0.2, -0.15) is 10.4 Å². The predicted molar refractivity (Wildman–Crippen MR) is 109 cm³/mol. The molecule has 0 unspecified atom stereocenters. The average Bonchev–Trinajstić information content (AvgIpc) is 2.99. The Morgan fingerprint density at radius 1 is 1.21 bits per heavy atom. The van der Waals surface area contributed by atoms with Crippen molar-refractivity contribution in [2.24, 2.45) is 0 Å². The highest BCUT2D eigenvalue weighted by Crippen LogP contribution is 2.23. The number of amides is 1. The monoisotopic (exact) mass is 408 g/mol. The molecule has 1 N–H and O–H groups in total. The summed E-state index contributed by atoms with van der Waals surface area (Å²) in [5.74, 6) is -0.807. The number of halogens is 2. The van der Waals surface area contributed by atoms with Crippen LogP contribution in [0, 0.1) is 24.1 Å². The molecule has 3 aromatic rings. The van der Waals surface area contributed by atoms with Gasteiger partial charge in [0.2, 0.25) is 0 Å². The summed E-state index contributed by atoms with van der Waals surface area (Å²) in [5.41, 5.74) is 2.78. The van der Waals surface area contributed by atoms with Gasteiger partial charge in [-0.1, -0.05) is 54.1 Å². The minimum absolute atomic E-state index is 0.0627. The molecule has 1 heterocycles. The highest BCUT2D eigenvalue weighted by Gasteiger charge is 2.16. The molecule has 0 radical (unpaired) electrons. The van der Waals surface area contributed by atoms with Crippen molar-refractivity contribution in [1.82, 2.24) is 15.1 Å². The van der Waals surface area contributed by atoms with Crippen LogP contribution >= 0.6 is 11.6 Å². The van der Waals surface area contributed by atoms with E-state index in [0.29, 0.717) is 29.5 Å². The zero-order valence-electron chi connectivity index (χ0n) is 15.7. The van der Waals surface area contributed by atoms with E-state index >= 15 is 0 Å². The van der Waals surface area contributed by atoms with Crippen LogP contribution in [0.2, 0.25) is 5.15 Å². The first-order valence-corrected chi connectivity index (χ1v) is 9.27.